The molecule has 152 valence electrons. The first-order valence-electron chi connectivity index (χ1n) is 9.71. The monoisotopic (exact) mass is 390 g/mol. The molecule has 0 radical (unpaired) electrons. The molecule has 3 rings (SSSR count). The Hall–Kier alpha value is -2.57. The molecule has 0 aromatic heterocycles. The molecule has 2 amide bonds. The van der Waals surface area contributed by atoms with Crippen LogP contribution in [0.15, 0.2) is 29.8 Å². The van der Waals surface area contributed by atoms with E-state index in [1.165, 1.54) is 12.1 Å². The standard InChI is InChI=1S/C21H27FN2O4/c1-3-14(2)8-9-27-21(26)23-11-20(25)24-12-16-10-17(22)6-7-19(16)28-13-18(24)15-4-5-15/h3,6-7,10,15,18H,4-5,8-9,11-13H2,1-2H3,(H,23,26)/b14-3+/t18-/m0/s1. The van der Waals surface area contributed by atoms with Crippen LogP contribution < -0.4 is 10.1 Å². The topological polar surface area (TPSA) is 67.9 Å². The highest BCUT2D eigenvalue weighted by molar-refractivity contribution is 5.82. The molecule has 0 saturated heterocycles. The van der Waals surface area contributed by atoms with Crippen molar-refractivity contribution >= 4 is 12.0 Å². The molecule has 1 aromatic rings. The van der Waals surface area contributed by atoms with Crippen LogP contribution in [0.2, 0.25) is 0 Å². The summed E-state index contributed by atoms with van der Waals surface area (Å²) in [6.07, 6.45) is 4.10. The summed E-state index contributed by atoms with van der Waals surface area (Å²) in [7, 11) is 0. The Bertz CT molecular complexity index is 761. The van der Waals surface area contributed by atoms with Crippen LogP contribution in [0.1, 0.15) is 38.7 Å². The summed E-state index contributed by atoms with van der Waals surface area (Å²) >= 11 is 0. The molecule has 1 atom stereocenters. The largest absolute Gasteiger partial charge is 0.491 e. The van der Waals surface area contributed by atoms with Crippen LogP contribution in [0.5, 0.6) is 5.75 Å². The van der Waals surface area contributed by atoms with E-state index in [0.717, 1.165) is 18.4 Å². The van der Waals surface area contributed by atoms with Gasteiger partial charge in [0.25, 0.3) is 0 Å². The van der Waals surface area contributed by atoms with Crippen LogP contribution in [-0.2, 0) is 16.1 Å². The molecule has 0 bridgehead atoms. The van der Waals surface area contributed by atoms with E-state index < -0.39 is 6.09 Å². The molecule has 1 aliphatic carbocycles. The quantitative estimate of drug-likeness (QED) is 0.756. The van der Waals surface area contributed by atoms with Crippen molar-refractivity contribution in [2.45, 2.75) is 45.7 Å². The van der Waals surface area contributed by atoms with Crippen molar-refractivity contribution in [3.63, 3.8) is 0 Å². The number of nitrogens with zero attached hydrogens (tertiary/aromatic N) is 1. The van der Waals surface area contributed by atoms with Crippen molar-refractivity contribution < 1.29 is 23.5 Å². The third kappa shape index (κ3) is 5.24. The van der Waals surface area contributed by atoms with Crippen LogP contribution in [0.25, 0.3) is 0 Å². The summed E-state index contributed by atoms with van der Waals surface area (Å²) in [6, 6.07) is 4.29. The molecule has 28 heavy (non-hydrogen) atoms. The van der Waals surface area contributed by atoms with Gasteiger partial charge < -0.3 is 19.7 Å². The molecule has 0 spiro atoms. The second-order valence-corrected chi connectivity index (χ2v) is 7.36. The predicted octanol–water partition coefficient (Wildman–Crippen LogP) is 3.41. The highest BCUT2D eigenvalue weighted by atomic mass is 19.1. The summed E-state index contributed by atoms with van der Waals surface area (Å²) in [5, 5.41) is 2.52. The summed E-state index contributed by atoms with van der Waals surface area (Å²) in [4.78, 5) is 26.4. The molecule has 1 fully saturated rings. The number of amides is 2. The van der Waals surface area contributed by atoms with E-state index in [-0.39, 0.29) is 37.5 Å². The Morgan fingerprint density at radius 1 is 1.39 bits per heavy atom. The molecule has 0 unspecified atom stereocenters. The third-order valence-electron chi connectivity index (χ3n) is 5.27. The van der Waals surface area contributed by atoms with Gasteiger partial charge in [-0.15, -0.1) is 0 Å². The molecule has 6 nitrogen and oxygen atoms in total. The first-order valence-corrected chi connectivity index (χ1v) is 9.71. The Labute approximate surface area is 164 Å². The first-order chi connectivity index (χ1) is 13.5. The van der Waals surface area contributed by atoms with Gasteiger partial charge in [-0.25, -0.2) is 9.18 Å². The maximum Gasteiger partial charge on any atom is 0.407 e. The number of rotatable bonds is 6. The molecular formula is C21H27FN2O4. The van der Waals surface area contributed by atoms with Crippen molar-refractivity contribution in [1.82, 2.24) is 10.2 Å². The fourth-order valence-corrected chi connectivity index (χ4v) is 3.27. The van der Waals surface area contributed by atoms with Crippen molar-refractivity contribution in [2.75, 3.05) is 19.8 Å². The lowest BCUT2D eigenvalue weighted by molar-refractivity contribution is -0.134. The van der Waals surface area contributed by atoms with Crippen molar-refractivity contribution in [1.29, 1.82) is 0 Å². The number of ether oxygens (including phenoxy) is 2. The molecule has 1 aliphatic heterocycles. The van der Waals surface area contributed by atoms with Gasteiger partial charge in [-0.1, -0.05) is 11.6 Å². The summed E-state index contributed by atoms with van der Waals surface area (Å²) in [5.74, 6) is 0.407. The number of nitrogens with one attached hydrogen (secondary N) is 1. The molecule has 1 N–H and O–H groups in total. The number of benzene rings is 1. The van der Waals surface area contributed by atoms with Crippen molar-refractivity contribution in [3.05, 3.63) is 41.2 Å². The SMILES string of the molecule is C/C=C(\C)CCOC(=O)NCC(=O)N1Cc2cc(F)ccc2OC[C@H]1C1CC1. The minimum absolute atomic E-state index is 0.0712. The highest BCUT2D eigenvalue weighted by Crippen LogP contribution is 2.38. The van der Waals surface area contributed by atoms with Crippen LogP contribution in [0.4, 0.5) is 9.18 Å². The fraction of sp³-hybridized carbons (Fsp3) is 0.524. The molecule has 1 heterocycles. The number of allylic oxidation sites excluding steroid dienone is 1. The zero-order chi connectivity index (χ0) is 20.1. The van der Waals surface area contributed by atoms with Gasteiger partial charge >= 0.3 is 6.09 Å². The fourth-order valence-electron chi connectivity index (χ4n) is 3.27. The average molecular weight is 390 g/mol. The van der Waals surface area contributed by atoms with Crippen LogP contribution in [-0.4, -0.2) is 42.7 Å². The van der Waals surface area contributed by atoms with Gasteiger partial charge in [0.15, 0.2) is 0 Å². The number of carbonyl (C=O) groups is 2. The van der Waals surface area contributed by atoms with Crippen LogP contribution in [0.3, 0.4) is 0 Å². The maximum absolute atomic E-state index is 13.6. The lowest BCUT2D eigenvalue weighted by Gasteiger charge is -2.29. The Morgan fingerprint density at radius 3 is 2.89 bits per heavy atom. The third-order valence-corrected chi connectivity index (χ3v) is 5.27. The second kappa shape index (κ2) is 9.08. The molecule has 2 aliphatic rings. The number of fused-ring (bicyclic) bond motifs is 1. The number of halogens is 1. The van der Waals surface area contributed by atoms with Gasteiger partial charge in [-0.3, -0.25) is 4.79 Å². The van der Waals surface area contributed by atoms with E-state index >= 15 is 0 Å². The minimum Gasteiger partial charge on any atom is -0.491 e. The summed E-state index contributed by atoms with van der Waals surface area (Å²) < 4.78 is 24.6. The lowest BCUT2D eigenvalue weighted by atomic mass is 10.1. The molecular weight excluding hydrogens is 363 g/mol. The van der Waals surface area contributed by atoms with Crippen LogP contribution >= 0.6 is 0 Å². The van der Waals surface area contributed by atoms with E-state index in [4.69, 9.17) is 9.47 Å². The summed E-state index contributed by atoms with van der Waals surface area (Å²) in [6.45, 7) is 4.65. The Morgan fingerprint density at radius 2 is 2.18 bits per heavy atom. The second-order valence-electron chi connectivity index (χ2n) is 7.36. The summed E-state index contributed by atoms with van der Waals surface area (Å²) in [5.41, 5.74) is 1.77. The van der Waals surface area contributed by atoms with Crippen LogP contribution in [0, 0.1) is 11.7 Å². The van der Waals surface area contributed by atoms with E-state index in [1.807, 2.05) is 19.9 Å². The van der Waals surface area contributed by atoms with Gasteiger partial charge in [0.1, 0.15) is 24.7 Å². The van der Waals surface area contributed by atoms with Gasteiger partial charge in [0, 0.05) is 18.5 Å². The number of alkyl carbamates (subject to hydrolysis) is 1. The first kappa shape index (κ1) is 20.2. The minimum atomic E-state index is -0.613. The average Bonchev–Trinajstić information content (AvgIpc) is 3.51. The van der Waals surface area contributed by atoms with Gasteiger partial charge in [0.2, 0.25) is 5.91 Å². The number of hydrogen-bond acceptors (Lipinski definition) is 4. The smallest absolute Gasteiger partial charge is 0.407 e. The molecule has 1 saturated carbocycles. The van der Waals surface area contributed by atoms with Gasteiger partial charge in [-0.2, -0.15) is 0 Å². The number of carbonyl (C=O) groups excluding carboxylic acids is 2. The zero-order valence-corrected chi connectivity index (χ0v) is 16.4. The lowest BCUT2D eigenvalue weighted by Crippen LogP contribution is -2.47. The van der Waals surface area contributed by atoms with E-state index in [1.54, 1.807) is 11.0 Å². The number of hydrogen-bond donors (Lipinski definition) is 1. The maximum atomic E-state index is 13.6. The van der Waals surface area contributed by atoms with Gasteiger partial charge in [0.05, 0.1) is 12.6 Å². The molecule has 7 heteroatoms. The van der Waals surface area contributed by atoms with Crippen molar-refractivity contribution in [2.24, 2.45) is 5.92 Å². The zero-order valence-electron chi connectivity index (χ0n) is 16.4. The highest BCUT2D eigenvalue weighted by Gasteiger charge is 2.39. The van der Waals surface area contributed by atoms with E-state index in [0.29, 0.717) is 30.3 Å². The van der Waals surface area contributed by atoms with Crippen molar-refractivity contribution in [3.8, 4) is 5.75 Å². The van der Waals surface area contributed by atoms with Gasteiger partial charge in [-0.05, 0) is 50.8 Å². The Balaban J connectivity index is 1.59. The van der Waals surface area contributed by atoms with E-state index in [2.05, 4.69) is 5.32 Å². The Kier molecular flexibility index (Phi) is 6.54. The predicted molar refractivity (Wildman–Crippen MR) is 102 cm³/mol. The van der Waals surface area contributed by atoms with E-state index in [9.17, 15) is 14.0 Å². The normalized spacial score (nSPS) is 19.3. The molecule has 1 aromatic carbocycles.